The van der Waals surface area contributed by atoms with Crippen LogP contribution in [0, 0.1) is 0 Å². The number of rotatable bonds is 4. The van der Waals surface area contributed by atoms with E-state index in [4.69, 9.17) is 14.2 Å². The Morgan fingerprint density at radius 3 is 2.15 bits per heavy atom. The molecule has 4 rings (SSSR count). The molecular formula is C23H22O3. The molecule has 1 aliphatic rings. The molecule has 0 aliphatic carbocycles. The van der Waals surface area contributed by atoms with Crippen LogP contribution in [0.4, 0.5) is 0 Å². The smallest absolute Gasteiger partial charge is 0.125 e. The van der Waals surface area contributed by atoms with Gasteiger partial charge < -0.3 is 14.2 Å². The minimum atomic E-state index is 0.0317. The van der Waals surface area contributed by atoms with Gasteiger partial charge in [-0.2, -0.15) is 0 Å². The van der Waals surface area contributed by atoms with Crippen LogP contribution < -0.4 is 14.2 Å². The lowest BCUT2D eigenvalue weighted by Gasteiger charge is -2.33. The first-order valence-electron chi connectivity index (χ1n) is 8.82. The standard InChI is InChI=1S/C23H22O3/c1-24-18-10-8-16(9-11-18)20-15-23(17-6-4-3-5-7-17)26-22-13-12-19(25-2)14-21(20)22/h3-14,20,23H,15H2,1-2H3. The van der Waals surface area contributed by atoms with Crippen molar-refractivity contribution in [3.63, 3.8) is 0 Å². The van der Waals surface area contributed by atoms with Crippen molar-refractivity contribution in [3.05, 3.63) is 89.5 Å². The Morgan fingerprint density at radius 2 is 1.46 bits per heavy atom. The van der Waals surface area contributed by atoms with Crippen LogP contribution in [0.5, 0.6) is 17.2 Å². The number of fused-ring (bicyclic) bond motifs is 1. The number of hydrogen-bond donors (Lipinski definition) is 0. The van der Waals surface area contributed by atoms with E-state index in [1.807, 2.05) is 30.3 Å². The minimum Gasteiger partial charge on any atom is -0.497 e. The molecule has 3 nitrogen and oxygen atoms in total. The molecule has 1 aliphatic heterocycles. The molecule has 3 aromatic rings. The lowest BCUT2D eigenvalue weighted by atomic mass is 9.82. The Morgan fingerprint density at radius 1 is 0.769 bits per heavy atom. The number of benzene rings is 3. The molecule has 132 valence electrons. The van der Waals surface area contributed by atoms with Gasteiger partial charge in [-0.15, -0.1) is 0 Å². The normalized spacial score (nSPS) is 18.5. The average Bonchev–Trinajstić information content (AvgIpc) is 2.73. The van der Waals surface area contributed by atoms with Crippen LogP contribution in [0.2, 0.25) is 0 Å². The van der Waals surface area contributed by atoms with E-state index in [1.54, 1.807) is 14.2 Å². The van der Waals surface area contributed by atoms with Crippen LogP contribution in [0.25, 0.3) is 0 Å². The van der Waals surface area contributed by atoms with Gasteiger partial charge in [-0.1, -0.05) is 42.5 Å². The highest BCUT2D eigenvalue weighted by molar-refractivity contribution is 5.49. The molecule has 0 saturated heterocycles. The van der Waals surface area contributed by atoms with E-state index < -0.39 is 0 Å². The predicted octanol–water partition coefficient (Wildman–Crippen LogP) is 5.36. The molecule has 0 amide bonds. The largest absolute Gasteiger partial charge is 0.497 e. The van der Waals surface area contributed by atoms with Crippen LogP contribution >= 0.6 is 0 Å². The third-order valence-corrected chi connectivity index (χ3v) is 5.00. The SMILES string of the molecule is COc1ccc(C2CC(c3ccccc3)Oc3ccc(OC)cc32)cc1. The van der Waals surface area contributed by atoms with Crippen molar-refractivity contribution < 1.29 is 14.2 Å². The Hall–Kier alpha value is -2.94. The van der Waals surface area contributed by atoms with Crippen LogP contribution in [0.3, 0.4) is 0 Å². The number of hydrogen-bond acceptors (Lipinski definition) is 3. The summed E-state index contributed by atoms with van der Waals surface area (Å²) in [4.78, 5) is 0. The third-order valence-electron chi connectivity index (χ3n) is 5.00. The zero-order valence-corrected chi connectivity index (χ0v) is 15.0. The fourth-order valence-electron chi connectivity index (χ4n) is 3.60. The highest BCUT2D eigenvalue weighted by atomic mass is 16.5. The van der Waals surface area contributed by atoms with Gasteiger partial charge in [0.2, 0.25) is 0 Å². The molecule has 0 radical (unpaired) electrons. The zero-order valence-electron chi connectivity index (χ0n) is 15.0. The quantitative estimate of drug-likeness (QED) is 0.636. The molecule has 1 heterocycles. The zero-order chi connectivity index (χ0) is 17.9. The van der Waals surface area contributed by atoms with Gasteiger partial charge in [0.05, 0.1) is 14.2 Å². The van der Waals surface area contributed by atoms with Crippen LogP contribution in [-0.4, -0.2) is 14.2 Å². The van der Waals surface area contributed by atoms with E-state index in [0.29, 0.717) is 0 Å². The van der Waals surface area contributed by atoms with Crippen molar-refractivity contribution in [2.45, 2.75) is 18.4 Å². The van der Waals surface area contributed by atoms with Crippen LogP contribution in [0.15, 0.2) is 72.8 Å². The average molecular weight is 346 g/mol. The minimum absolute atomic E-state index is 0.0317. The molecule has 0 fully saturated rings. The summed E-state index contributed by atoms with van der Waals surface area (Å²) in [5.74, 6) is 2.88. The van der Waals surface area contributed by atoms with Crippen molar-refractivity contribution >= 4 is 0 Å². The molecule has 0 saturated carbocycles. The molecule has 2 atom stereocenters. The lowest BCUT2D eigenvalue weighted by Crippen LogP contribution is -2.20. The molecule has 3 heteroatoms. The maximum atomic E-state index is 6.33. The molecule has 0 N–H and O–H groups in total. The fraction of sp³-hybridized carbons (Fsp3) is 0.217. The second-order valence-electron chi connectivity index (χ2n) is 6.48. The maximum Gasteiger partial charge on any atom is 0.125 e. The van der Waals surface area contributed by atoms with Crippen molar-refractivity contribution in [2.75, 3.05) is 14.2 Å². The van der Waals surface area contributed by atoms with Crippen molar-refractivity contribution in [3.8, 4) is 17.2 Å². The van der Waals surface area contributed by atoms with Gasteiger partial charge in [-0.25, -0.2) is 0 Å². The Labute approximate surface area is 154 Å². The second kappa shape index (κ2) is 7.12. The molecule has 26 heavy (non-hydrogen) atoms. The van der Waals surface area contributed by atoms with Gasteiger partial charge in [0.1, 0.15) is 23.4 Å². The summed E-state index contributed by atoms with van der Waals surface area (Å²) in [6.45, 7) is 0. The second-order valence-corrected chi connectivity index (χ2v) is 6.48. The first-order valence-corrected chi connectivity index (χ1v) is 8.82. The van der Waals surface area contributed by atoms with Crippen molar-refractivity contribution in [1.29, 1.82) is 0 Å². The van der Waals surface area contributed by atoms with E-state index in [1.165, 1.54) is 16.7 Å². The molecule has 0 aromatic heterocycles. The molecule has 0 bridgehead atoms. The van der Waals surface area contributed by atoms with E-state index >= 15 is 0 Å². The fourth-order valence-corrected chi connectivity index (χ4v) is 3.60. The molecule has 2 unspecified atom stereocenters. The summed E-state index contributed by atoms with van der Waals surface area (Å²) < 4.78 is 17.1. The van der Waals surface area contributed by atoms with E-state index in [9.17, 15) is 0 Å². The van der Waals surface area contributed by atoms with Crippen molar-refractivity contribution in [1.82, 2.24) is 0 Å². The van der Waals surface area contributed by atoms with Crippen LogP contribution in [-0.2, 0) is 0 Å². The Balaban J connectivity index is 1.76. The summed E-state index contributed by atoms with van der Waals surface area (Å²) in [7, 11) is 3.38. The van der Waals surface area contributed by atoms with Gasteiger partial charge in [-0.05, 0) is 47.9 Å². The highest BCUT2D eigenvalue weighted by Gasteiger charge is 2.30. The first-order chi connectivity index (χ1) is 12.8. The third kappa shape index (κ3) is 3.13. The lowest BCUT2D eigenvalue weighted by molar-refractivity contribution is 0.167. The summed E-state index contributed by atoms with van der Waals surface area (Å²) in [5, 5.41) is 0. The van der Waals surface area contributed by atoms with E-state index in [-0.39, 0.29) is 12.0 Å². The van der Waals surface area contributed by atoms with Gasteiger partial charge in [0, 0.05) is 11.5 Å². The van der Waals surface area contributed by atoms with Gasteiger partial charge in [0.25, 0.3) is 0 Å². The number of ether oxygens (including phenoxy) is 3. The van der Waals surface area contributed by atoms with Crippen LogP contribution in [0.1, 0.15) is 35.1 Å². The molecule has 0 spiro atoms. The van der Waals surface area contributed by atoms with Gasteiger partial charge in [-0.3, -0.25) is 0 Å². The summed E-state index contributed by atoms with van der Waals surface area (Å²) in [6.07, 6.45) is 0.917. The van der Waals surface area contributed by atoms with E-state index in [2.05, 4.69) is 42.5 Å². The van der Waals surface area contributed by atoms with E-state index in [0.717, 1.165) is 23.7 Å². The molecular weight excluding hydrogens is 324 g/mol. The Bertz CT molecular complexity index is 872. The topological polar surface area (TPSA) is 27.7 Å². The predicted molar refractivity (Wildman–Crippen MR) is 102 cm³/mol. The first kappa shape index (κ1) is 16.5. The van der Waals surface area contributed by atoms with Crippen molar-refractivity contribution in [2.24, 2.45) is 0 Å². The maximum absolute atomic E-state index is 6.33. The Kier molecular flexibility index (Phi) is 4.53. The highest BCUT2D eigenvalue weighted by Crippen LogP contribution is 2.46. The van der Waals surface area contributed by atoms with Gasteiger partial charge in [0.15, 0.2) is 0 Å². The summed E-state index contributed by atoms with van der Waals surface area (Å²) >= 11 is 0. The monoisotopic (exact) mass is 346 g/mol. The van der Waals surface area contributed by atoms with Gasteiger partial charge >= 0.3 is 0 Å². The summed E-state index contributed by atoms with van der Waals surface area (Å²) in [5.41, 5.74) is 3.62. The summed E-state index contributed by atoms with van der Waals surface area (Å²) in [6, 6.07) is 24.8. The number of methoxy groups -OCH3 is 2. The molecule has 3 aromatic carbocycles.